The lowest BCUT2D eigenvalue weighted by molar-refractivity contribution is -0.0960. The van der Waals surface area contributed by atoms with E-state index in [1.54, 1.807) is 24.3 Å². The van der Waals surface area contributed by atoms with E-state index < -0.39 is 55.4 Å². The molecule has 14 heteroatoms. The van der Waals surface area contributed by atoms with Gasteiger partial charge in [-0.1, -0.05) is 23.7 Å². The molecule has 1 aromatic carbocycles. The van der Waals surface area contributed by atoms with E-state index in [1.165, 1.54) is 13.1 Å². The van der Waals surface area contributed by atoms with Crippen LogP contribution in [0.25, 0.3) is 0 Å². The van der Waals surface area contributed by atoms with Gasteiger partial charge < -0.3 is 14.2 Å². The van der Waals surface area contributed by atoms with Crippen molar-refractivity contribution in [2.75, 3.05) is 13.2 Å². The van der Waals surface area contributed by atoms with Gasteiger partial charge in [0.05, 0.1) is 19.3 Å². The third-order valence-electron chi connectivity index (χ3n) is 5.83. The van der Waals surface area contributed by atoms with Crippen LogP contribution >= 0.6 is 19.4 Å². The zero-order valence-electron chi connectivity index (χ0n) is 17.7. The zero-order valence-corrected chi connectivity index (χ0v) is 19.4. The molecule has 0 amide bonds. The smallest absolute Gasteiger partial charge is 0.424 e. The summed E-state index contributed by atoms with van der Waals surface area (Å²) in [7, 11) is -4.00. The van der Waals surface area contributed by atoms with Gasteiger partial charge in [-0.15, -0.1) is 0 Å². The molecule has 2 aromatic rings. The first-order valence-corrected chi connectivity index (χ1v) is 12.2. The van der Waals surface area contributed by atoms with Crippen molar-refractivity contribution in [3.63, 3.8) is 0 Å². The Morgan fingerprint density at radius 2 is 2.12 bits per heavy atom. The number of halogens is 1. The van der Waals surface area contributed by atoms with Gasteiger partial charge >= 0.3 is 19.7 Å². The van der Waals surface area contributed by atoms with Gasteiger partial charge in [0.2, 0.25) is 0 Å². The number of benzene rings is 1. The maximum atomic E-state index is 13.1. The number of rotatable bonds is 5. The Morgan fingerprint density at radius 3 is 2.88 bits per heavy atom. The molecule has 3 aliphatic heterocycles. The maximum absolute atomic E-state index is 13.1. The summed E-state index contributed by atoms with van der Waals surface area (Å²) in [6.45, 7) is 1.29. The van der Waals surface area contributed by atoms with Crippen LogP contribution in [0, 0.1) is 0 Å². The maximum Gasteiger partial charge on any atom is 0.509 e. The monoisotopic (exact) mass is 514 g/mol. The molecule has 6 atom stereocenters. The Hall–Kier alpha value is -2.47. The fourth-order valence-electron chi connectivity index (χ4n) is 4.25. The molecule has 4 heterocycles. The normalized spacial score (nSPS) is 34.9. The van der Waals surface area contributed by atoms with E-state index >= 15 is 0 Å². The number of aromatic amines is 1. The van der Waals surface area contributed by atoms with E-state index in [-0.39, 0.29) is 13.2 Å². The molecule has 3 aliphatic rings. The zero-order chi connectivity index (χ0) is 24.1. The van der Waals surface area contributed by atoms with Crippen molar-refractivity contribution in [3.8, 4) is 0 Å². The number of hydrogen-bond donors (Lipinski definition) is 1. The number of phosphoric ester groups is 1. The van der Waals surface area contributed by atoms with Crippen molar-refractivity contribution in [1.82, 2.24) is 9.55 Å². The molecule has 1 aromatic heterocycles. The van der Waals surface area contributed by atoms with Crippen molar-refractivity contribution in [3.05, 3.63) is 68.0 Å². The predicted octanol–water partition coefficient (Wildman–Crippen LogP) is 2.68. The molecule has 0 aliphatic carbocycles. The summed E-state index contributed by atoms with van der Waals surface area (Å²) in [5, 5.41) is 0.508. The highest BCUT2D eigenvalue weighted by atomic mass is 35.5. The van der Waals surface area contributed by atoms with Crippen molar-refractivity contribution in [1.29, 1.82) is 0 Å². The molecule has 0 spiro atoms. The van der Waals surface area contributed by atoms with Crippen LogP contribution in [0.2, 0.25) is 5.02 Å². The Morgan fingerprint density at radius 1 is 1.29 bits per heavy atom. The molecule has 182 valence electrons. The fourth-order valence-corrected chi connectivity index (χ4v) is 5.84. The molecule has 1 N–H and O–H groups in total. The summed E-state index contributed by atoms with van der Waals surface area (Å²) in [5.74, 6) is 0. The molecular formula is C20H20ClN2O10P. The Kier molecular flexibility index (Phi) is 5.91. The van der Waals surface area contributed by atoms with E-state index in [9.17, 15) is 18.9 Å². The fraction of sp³-hybridized carbons (Fsp3) is 0.450. The highest BCUT2D eigenvalue weighted by Crippen LogP contribution is 2.58. The molecule has 0 saturated carbocycles. The minimum absolute atomic E-state index is 0.120. The second kappa shape index (κ2) is 8.63. The van der Waals surface area contributed by atoms with Crippen LogP contribution in [0.4, 0.5) is 4.79 Å². The van der Waals surface area contributed by atoms with Gasteiger partial charge in [0, 0.05) is 23.7 Å². The lowest BCUT2D eigenvalue weighted by atomic mass is 9.96. The summed E-state index contributed by atoms with van der Waals surface area (Å²) in [6, 6.07) is 8.09. The molecule has 12 nitrogen and oxygen atoms in total. The van der Waals surface area contributed by atoms with Crippen molar-refractivity contribution >= 4 is 25.6 Å². The number of ether oxygens (including phenoxy) is 3. The second-order valence-electron chi connectivity index (χ2n) is 8.13. The Bertz CT molecular complexity index is 1280. The first-order chi connectivity index (χ1) is 16.2. The van der Waals surface area contributed by atoms with E-state index in [4.69, 9.17) is 39.4 Å². The van der Waals surface area contributed by atoms with Crippen molar-refractivity contribution in [2.45, 2.75) is 43.5 Å². The first kappa shape index (κ1) is 23.3. The summed E-state index contributed by atoms with van der Waals surface area (Å²) in [6.07, 6.45) is -2.98. The average molecular weight is 515 g/mol. The summed E-state index contributed by atoms with van der Waals surface area (Å²) in [5.41, 5.74) is -2.06. The number of aromatic nitrogens is 2. The molecule has 34 heavy (non-hydrogen) atoms. The van der Waals surface area contributed by atoms with E-state index in [1.807, 2.05) is 0 Å². The number of H-pyrrole nitrogens is 1. The van der Waals surface area contributed by atoms with Crippen LogP contribution in [0.5, 0.6) is 0 Å². The van der Waals surface area contributed by atoms with Crippen LogP contribution < -0.4 is 11.2 Å². The van der Waals surface area contributed by atoms with Crippen LogP contribution in [0.1, 0.15) is 31.2 Å². The third-order valence-corrected chi connectivity index (χ3v) is 7.54. The molecule has 3 saturated heterocycles. The number of nitrogens with zero attached hydrogens (tertiary/aromatic N) is 1. The lowest BCUT2D eigenvalue weighted by Crippen LogP contribution is -2.45. The predicted molar refractivity (Wildman–Crippen MR) is 114 cm³/mol. The van der Waals surface area contributed by atoms with Crippen LogP contribution in [0.3, 0.4) is 0 Å². The summed E-state index contributed by atoms with van der Waals surface area (Å²) in [4.78, 5) is 37.8. The van der Waals surface area contributed by atoms with Gasteiger partial charge in [0.15, 0.2) is 17.9 Å². The van der Waals surface area contributed by atoms with Gasteiger partial charge in [-0.05, 0) is 24.6 Å². The largest absolute Gasteiger partial charge is 0.509 e. The van der Waals surface area contributed by atoms with Crippen LogP contribution in [-0.2, 0) is 32.3 Å². The van der Waals surface area contributed by atoms with E-state index in [2.05, 4.69) is 4.98 Å². The van der Waals surface area contributed by atoms with Gasteiger partial charge in [0.1, 0.15) is 6.10 Å². The van der Waals surface area contributed by atoms with Gasteiger partial charge in [0.25, 0.3) is 5.56 Å². The number of carbonyl (C=O) groups is 1. The van der Waals surface area contributed by atoms with Crippen molar-refractivity contribution in [2.24, 2.45) is 0 Å². The number of nitrogens with one attached hydrogen (secondary N) is 1. The van der Waals surface area contributed by atoms with Gasteiger partial charge in [-0.2, -0.15) is 0 Å². The minimum Gasteiger partial charge on any atom is -0.424 e. The first-order valence-electron chi connectivity index (χ1n) is 10.4. The molecule has 2 unspecified atom stereocenters. The van der Waals surface area contributed by atoms with Gasteiger partial charge in [-0.3, -0.25) is 27.9 Å². The molecule has 0 radical (unpaired) electrons. The number of carbonyl (C=O) groups excluding carboxylic acids is 1. The molecule has 5 rings (SSSR count). The van der Waals surface area contributed by atoms with Gasteiger partial charge in [-0.25, -0.2) is 14.2 Å². The van der Waals surface area contributed by atoms with E-state index in [0.29, 0.717) is 11.4 Å². The van der Waals surface area contributed by atoms with Crippen LogP contribution in [-0.4, -0.2) is 46.7 Å². The number of phosphoric acid groups is 1. The van der Waals surface area contributed by atoms with Crippen molar-refractivity contribution < 1.29 is 37.1 Å². The molecule has 3 fully saturated rings. The molecule has 0 bridgehead atoms. The molecular weight excluding hydrogens is 495 g/mol. The highest BCUT2D eigenvalue weighted by molar-refractivity contribution is 7.48. The number of hydrogen-bond acceptors (Lipinski definition) is 10. The summed E-state index contributed by atoms with van der Waals surface area (Å²) >= 11 is 6.04. The third kappa shape index (κ3) is 4.21. The quantitative estimate of drug-likeness (QED) is 0.467. The number of fused-ring (bicyclic) bond motifs is 1. The SMILES string of the molecule is C[C@@]12OC(=O)O[C@@H]1[C@@H](COP1(=O)OCCC(c3cccc(Cl)c3)O1)O[C@H]2n1ccc(=O)[nH]c1=O. The average Bonchev–Trinajstić information content (AvgIpc) is 3.22. The second-order valence-corrected chi connectivity index (χ2v) is 10.2. The highest BCUT2D eigenvalue weighted by Gasteiger charge is 2.64. The Balaban J connectivity index is 1.34. The van der Waals surface area contributed by atoms with E-state index in [0.717, 1.165) is 16.2 Å². The minimum atomic E-state index is -4.00. The van der Waals surface area contributed by atoms with Crippen LogP contribution in [0.15, 0.2) is 46.1 Å². The topological polar surface area (TPSA) is 144 Å². The summed E-state index contributed by atoms with van der Waals surface area (Å²) < 4.78 is 47.2. The standard InChI is InChI=1S/C20H20ClN2O10P/c1-20-16(31-19(26)32-20)14(30-17(20)23-7-5-15(24)22-18(23)25)10-29-34(27)28-8-6-13(33-34)11-3-2-4-12(21)9-11/h2-5,7,9,13-14,16-17H,6,8,10H2,1H3,(H,22,24,25)/t13?,14-,16-,17-,20-,34?/m1/s1. The lowest BCUT2D eigenvalue weighted by Gasteiger charge is -2.30. The Labute approximate surface area is 197 Å².